The van der Waals surface area contributed by atoms with Gasteiger partial charge in [-0.15, -0.1) is 11.3 Å². The molecule has 0 amide bonds. The van der Waals surface area contributed by atoms with Crippen LogP contribution in [0.1, 0.15) is 18.2 Å². The molecule has 0 spiro atoms. The summed E-state index contributed by atoms with van der Waals surface area (Å²) in [6.45, 7) is 4.45. The molecular weight excluding hydrogens is 374 g/mol. The minimum absolute atomic E-state index is 0.379. The minimum atomic E-state index is -3.43. The van der Waals surface area contributed by atoms with Crippen LogP contribution < -0.4 is 5.32 Å². The van der Waals surface area contributed by atoms with Gasteiger partial charge >= 0.3 is 0 Å². The standard InChI is InChI=1S/C13H24BrN3O2S2/c1-5-17(8-6-7-16(3)4)21(18,19)12-9-11(10-15-2)20-13(12)14/h9,15H,5-8,10H2,1-4H3. The highest BCUT2D eigenvalue weighted by Gasteiger charge is 2.27. The van der Waals surface area contributed by atoms with E-state index in [0.717, 1.165) is 17.8 Å². The average molecular weight is 398 g/mol. The Kier molecular flexibility index (Phi) is 7.80. The second kappa shape index (κ2) is 8.59. The zero-order valence-electron chi connectivity index (χ0n) is 13.0. The van der Waals surface area contributed by atoms with E-state index in [-0.39, 0.29) is 0 Å². The molecule has 1 rings (SSSR count). The zero-order chi connectivity index (χ0) is 16.0. The third-order valence-corrected chi connectivity index (χ3v) is 7.27. The zero-order valence-corrected chi connectivity index (χ0v) is 16.2. The molecule has 0 saturated heterocycles. The third-order valence-electron chi connectivity index (χ3n) is 3.04. The maximum absolute atomic E-state index is 12.7. The number of nitrogens with one attached hydrogen (secondary N) is 1. The molecule has 21 heavy (non-hydrogen) atoms. The predicted molar refractivity (Wildman–Crippen MR) is 92.4 cm³/mol. The van der Waals surface area contributed by atoms with Crippen molar-refractivity contribution in [1.82, 2.24) is 14.5 Å². The van der Waals surface area contributed by atoms with Gasteiger partial charge in [-0.05, 0) is 56.1 Å². The lowest BCUT2D eigenvalue weighted by Crippen LogP contribution is -2.33. The molecule has 5 nitrogen and oxygen atoms in total. The van der Waals surface area contributed by atoms with Crippen molar-refractivity contribution in [2.24, 2.45) is 0 Å². The van der Waals surface area contributed by atoms with Crippen molar-refractivity contribution in [3.05, 3.63) is 14.7 Å². The van der Waals surface area contributed by atoms with Crippen molar-refractivity contribution in [2.45, 2.75) is 24.8 Å². The van der Waals surface area contributed by atoms with Crippen LogP contribution in [0.2, 0.25) is 0 Å². The molecule has 0 aromatic carbocycles. The molecule has 0 aliphatic heterocycles. The maximum atomic E-state index is 12.7. The summed E-state index contributed by atoms with van der Waals surface area (Å²) in [5, 5.41) is 3.04. The first-order chi connectivity index (χ1) is 9.82. The van der Waals surface area contributed by atoms with Crippen LogP contribution in [0.3, 0.4) is 0 Å². The van der Waals surface area contributed by atoms with Crippen LogP contribution in [0, 0.1) is 0 Å². The van der Waals surface area contributed by atoms with Crippen molar-refractivity contribution in [2.75, 3.05) is 40.8 Å². The van der Waals surface area contributed by atoms with Gasteiger partial charge in [0.25, 0.3) is 0 Å². The molecule has 0 aliphatic carbocycles. The number of hydrogen-bond donors (Lipinski definition) is 1. The second-order valence-electron chi connectivity index (χ2n) is 5.03. The van der Waals surface area contributed by atoms with Gasteiger partial charge in [0, 0.05) is 24.5 Å². The fourth-order valence-corrected chi connectivity index (χ4v) is 6.12. The van der Waals surface area contributed by atoms with E-state index in [1.807, 2.05) is 28.1 Å². The van der Waals surface area contributed by atoms with Crippen LogP contribution in [-0.4, -0.2) is 58.4 Å². The van der Waals surface area contributed by atoms with Crippen LogP contribution in [0.25, 0.3) is 0 Å². The molecule has 0 atom stereocenters. The van der Waals surface area contributed by atoms with Gasteiger partial charge in [-0.2, -0.15) is 4.31 Å². The smallest absolute Gasteiger partial charge is 0.245 e. The number of nitrogens with zero attached hydrogens (tertiary/aromatic N) is 2. The van der Waals surface area contributed by atoms with Crippen molar-refractivity contribution in [3.8, 4) is 0 Å². The topological polar surface area (TPSA) is 52.7 Å². The SMILES string of the molecule is CCN(CCCN(C)C)S(=O)(=O)c1cc(CNC)sc1Br. The van der Waals surface area contributed by atoms with Gasteiger partial charge in [0.2, 0.25) is 10.0 Å². The average Bonchev–Trinajstić information content (AvgIpc) is 2.76. The lowest BCUT2D eigenvalue weighted by molar-refractivity contribution is 0.356. The number of thiophene rings is 1. The largest absolute Gasteiger partial charge is 0.315 e. The van der Waals surface area contributed by atoms with Gasteiger partial charge in [-0.1, -0.05) is 6.92 Å². The van der Waals surface area contributed by atoms with Crippen LogP contribution in [0.4, 0.5) is 0 Å². The summed E-state index contributed by atoms with van der Waals surface area (Å²) in [4.78, 5) is 3.45. The number of halogens is 1. The summed E-state index contributed by atoms with van der Waals surface area (Å²) in [5.74, 6) is 0. The van der Waals surface area contributed by atoms with Crippen LogP contribution in [0.15, 0.2) is 14.7 Å². The minimum Gasteiger partial charge on any atom is -0.315 e. The van der Waals surface area contributed by atoms with Gasteiger partial charge in [0.05, 0.1) is 3.79 Å². The molecular formula is C13H24BrN3O2S2. The van der Waals surface area contributed by atoms with Crippen LogP contribution in [0.5, 0.6) is 0 Å². The molecule has 1 N–H and O–H groups in total. The summed E-state index contributed by atoms with van der Waals surface area (Å²) < 4.78 is 27.7. The molecule has 8 heteroatoms. The van der Waals surface area contributed by atoms with Gasteiger partial charge < -0.3 is 10.2 Å². The molecule has 1 aromatic rings. The van der Waals surface area contributed by atoms with Gasteiger partial charge in [0.15, 0.2) is 0 Å². The number of hydrogen-bond acceptors (Lipinski definition) is 5. The van der Waals surface area contributed by atoms with E-state index < -0.39 is 10.0 Å². The van der Waals surface area contributed by atoms with E-state index >= 15 is 0 Å². The number of rotatable bonds is 9. The lowest BCUT2D eigenvalue weighted by atomic mass is 10.4. The molecule has 1 aromatic heterocycles. The summed E-state index contributed by atoms with van der Waals surface area (Å²) in [6, 6.07) is 1.76. The van der Waals surface area contributed by atoms with Crippen molar-refractivity contribution in [3.63, 3.8) is 0 Å². The van der Waals surface area contributed by atoms with Crippen molar-refractivity contribution >= 4 is 37.3 Å². The lowest BCUT2D eigenvalue weighted by Gasteiger charge is -2.21. The van der Waals surface area contributed by atoms with Crippen molar-refractivity contribution in [1.29, 1.82) is 0 Å². The molecule has 0 bridgehead atoms. The van der Waals surface area contributed by atoms with E-state index in [2.05, 4.69) is 26.1 Å². The second-order valence-corrected chi connectivity index (χ2v) is 9.40. The number of sulfonamides is 1. The van der Waals surface area contributed by atoms with E-state index in [1.165, 1.54) is 11.3 Å². The van der Waals surface area contributed by atoms with Gasteiger partial charge in [-0.25, -0.2) is 8.42 Å². The highest BCUT2D eigenvalue weighted by molar-refractivity contribution is 9.11. The highest BCUT2D eigenvalue weighted by Crippen LogP contribution is 2.33. The maximum Gasteiger partial charge on any atom is 0.245 e. The first kappa shape index (κ1) is 19.1. The van der Waals surface area contributed by atoms with Crippen molar-refractivity contribution < 1.29 is 8.42 Å². The molecule has 0 unspecified atom stereocenters. The van der Waals surface area contributed by atoms with E-state index in [1.54, 1.807) is 10.4 Å². The summed E-state index contributed by atoms with van der Waals surface area (Å²) in [7, 11) is 2.40. The first-order valence-electron chi connectivity index (χ1n) is 6.90. The summed E-state index contributed by atoms with van der Waals surface area (Å²) in [6.07, 6.45) is 0.825. The Morgan fingerprint density at radius 3 is 2.52 bits per heavy atom. The molecule has 0 saturated carbocycles. The molecule has 0 aliphatic rings. The first-order valence-corrected chi connectivity index (χ1v) is 9.95. The summed E-state index contributed by atoms with van der Waals surface area (Å²) >= 11 is 4.85. The Labute approximate surface area is 140 Å². The van der Waals surface area contributed by atoms with E-state index in [4.69, 9.17) is 0 Å². The highest BCUT2D eigenvalue weighted by atomic mass is 79.9. The Balaban J connectivity index is 2.91. The van der Waals surface area contributed by atoms with E-state index in [9.17, 15) is 8.42 Å². The molecule has 122 valence electrons. The van der Waals surface area contributed by atoms with Gasteiger partial charge in [-0.3, -0.25) is 0 Å². The Bertz CT molecular complexity index is 544. The normalized spacial score (nSPS) is 12.5. The third kappa shape index (κ3) is 5.30. The molecule has 1 heterocycles. The monoisotopic (exact) mass is 397 g/mol. The Morgan fingerprint density at radius 1 is 1.33 bits per heavy atom. The van der Waals surface area contributed by atoms with Gasteiger partial charge in [0.1, 0.15) is 4.90 Å². The molecule has 0 radical (unpaired) electrons. The van der Waals surface area contributed by atoms with E-state index in [0.29, 0.717) is 28.3 Å². The fourth-order valence-electron chi connectivity index (χ4n) is 1.99. The quantitative estimate of drug-likeness (QED) is 0.693. The summed E-state index contributed by atoms with van der Waals surface area (Å²) in [5.41, 5.74) is 0. The fraction of sp³-hybridized carbons (Fsp3) is 0.692. The molecule has 0 fully saturated rings. The predicted octanol–water partition coefficient (Wildman–Crippen LogP) is 2.19. The Morgan fingerprint density at radius 2 is 2.00 bits per heavy atom. The van der Waals surface area contributed by atoms with Crippen LogP contribution in [-0.2, 0) is 16.6 Å². The Hall–Kier alpha value is 0.01000. The van der Waals surface area contributed by atoms with Crippen LogP contribution >= 0.6 is 27.3 Å².